The van der Waals surface area contributed by atoms with Gasteiger partial charge in [0.1, 0.15) is 0 Å². The first-order valence-electron chi connectivity index (χ1n) is 6.71. The van der Waals surface area contributed by atoms with Crippen LogP contribution in [0.25, 0.3) is 0 Å². The average Bonchev–Trinajstić information content (AvgIpc) is 2.37. The van der Waals surface area contributed by atoms with E-state index in [1.165, 1.54) is 6.20 Å². The van der Waals surface area contributed by atoms with Crippen molar-refractivity contribution in [2.45, 2.75) is 46.1 Å². The number of rotatable bonds is 3. The van der Waals surface area contributed by atoms with E-state index < -0.39 is 0 Å². The highest BCUT2D eigenvalue weighted by Gasteiger charge is 2.30. The number of amides is 1. The third-order valence-corrected chi connectivity index (χ3v) is 4.18. The Balaban J connectivity index is 1.84. The molecule has 19 heavy (non-hydrogen) atoms. The highest BCUT2D eigenvalue weighted by Crippen LogP contribution is 2.37. The predicted molar refractivity (Wildman–Crippen MR) is 74.6 cm³/mol. The van der Waals surface area contributed by atoms with Gasteiger partial charge in [-0.2, -0.15) is 0 Å². The molecule has 0 unspecified atom stereocenters. The van der Waals surface area contributed by atoms with E-state index >= 15 is 0 Å². The van der Waals surface area contributed by atoms with Crippen LogP contribution in [0, 0.1) is 11.3 Å². The summed E-state index contributed by atoms with van der Waals surface area (Å²) in [5.74, 6) is 0.237. The molecular weight excluding hydrogens is 262 g/mol. The van der Waals surface area contributed by atoms with E-state index in [4.69, 9.17) is 11.6 Å². The fourth-order valence-electron chi connectivity index (χ4n) is 2.45. The zero-order valence-corrected chi connectivity index (χ0v) is 12.2. The van der Waals surface area contributed by atoms with Crippen LogP contribution in [0.15, 0.2) is 12.4 Å². The molecule has 1 heterocycles. The maximum atomic E-state index is 12.1. The smallest absolute Gasteiger partial charge is 0.223 e. The van der Waals surface area contributed by atoms with Gasteiger partial charge >= 0.3 is 0 Å². The summed E-state index contributed by atoms with van der Waals surface area (Å²) >= 11 is 5.91. The number of nitrogens with one attached hydrogen (secondary N) is 1. The van der Waals surface area contributed by atoms with Crippen molar-refractivity contribution in [3.8, 4) is 0 Å². The number of hydrogen-bond acceptors (Lipinski definition) is 3. The molecule has 1 N–H and O–H groups in total. The summed E-state index contributed by atoms with van der Waals surface area (Å²) in [6.07, 6.45) is 7.27. The molecule has 1 amide bonds. The summed E-state index contributed by atoms with van der Waals surface area (Å²) in [7, 11) is 0. The van der Waals surface area contributed by atoms with E-state index in [-0.39, 0.29) is 11.8 Å². The Morgan fingerprint density at radius 3 is 2.63 bits per heavy atom. The Morgan fingerprint density at radius 2 is 2.00 bits per heavy atom. The predicted octanol–water partition coefficient (Wildman–Crippen LogP) is 2.96. The number of halogens is 1. The average molecular weight is 282 g/mol. The SMILES string of the molecule is CC1(C)CCC(C(=O)NCc2nccnc2Cl)CC1. The third kappa shape index (κ3) is 3.90. The summed E-state index contributed by atoms with van der Waals surface area (Å²) < 4.78 is 0. The second-order valence-corrected chi connectivity index (χ2v) is 6.31. The Labute approximate surface area is 119 Å². The van der Waals surface area contributed by atoms with Crippen LogP contribution in [0.5, 0.6) is 0 Å². The summed E-state index contributed by atoms with van der Waals surface area (Å²) in [6.45, 7) is 4.88. The minimum absolute atomic E-state index is 0.109. The van der Waals surface area contributed by atoms with Crippen LogP contribution in [-0.2, 0) is 11.3 Å². The van der Waals surface area contributed by atoms with Crippen molar-refractivity contribution in [1.82, 2.24) is 15.3 Å². The van der Waals surface area contributed by atoms with Crippen LogP contribution in [-0.4, -0.2) is 15.9 Å². The van der Waals surface area contributed by atoms with Gasteiger partial charge < -0.3 is 5.32 Å². The lowest BCUT2D eigenvalue weighted by molar-refractivity contribution is -0.126. The lowest BCUT2D eigenvalue weighted by Gasteiger charge is -2.33. The van der Waals surface area contributed by atoms with Gasteiger partial charge in [-0.3, -0.25) is 9.78 Å². The molecule has 1 aliphatic carbocycles. The van der Waals surface area contributed by atoms with E-state index in [2.05, 4.69) is 29.1 Å². The number of hydrogen-bond donors (Lipinski definition) is 1. The van der Waals surface area contributed by atoms with Gasteiger partial charge in [0.05, 0.1) is 12.2 Å². The van der Waals surface area contributed by atoms with Crippen molar-refractivity contribution in [2.24, 2.45) is 11.3 Å². The van der Waals surface area contributed by atoms with Gasteiger partial charge in [0.25, 0.3) is 0 Å². The monoisotopic (exact) mass is 281 g/mol. The van der Waals surface area contributed by atoms with Gasteiger partial charge in [0, 0.05) is 18.3 Å². The zero-order valence-electron chi connectivity index (χ0n) is 11.4. The van der Waals surface area contributed by atoms with Crippen molar-refractivity contribution in [3.63, 3.8) is 0 Å². The van der Waals surface area contributed by atoms with Crippen molar-refractivity contribution in [3.05, 3.63) is 23.2 Å². The zero-order chi connectivity index (χ0) is 13.9. The van der Waals surface area contributed by atoms with Crippen molar-refractivity contribution in [2.75, 3.05) is 0 Å². The number of nitrogens with zero attached hydrogens (tertiary/aromatic N) is 2. The van der Waals surface area contributed by atoms with Crippen LogP contribution in [0.2, 0.25) is 5.15 Å². The number of carbonyl (C=O) groups is 1. The maximum Gasteiger partial charge on any atom is 0.223 e. The minimum atomic E-state index is 0.109. The first-order chi connectivity index (χ1) is 8.98. The quantitative estimate of drug-likeness (QED) is 0.927. The maximum absolute atomic E-state index is 12.1. The van der Waals surface area contributed by atoms with Gasteiger partial charge in [0.2, 0.25) is 5.91 Å². The Bertz CT molecular complexity index is 452. The van der Waals surface area contributed by atoms with Crippen LogP contribution in [0.1, 0.15) is 45.2 Å². The standard InChI is InChI=1S/C14H20ClN3O/c1-14(2)5-3-10(4-6-14)13(19)18-9-11-12(15)17-8-7-16-11/h7-8,10H,3-6,9H2,1-2H3,(H,18,19). The lowest BCUT2D eigenvalue weighted by Crippen LogP contribution is -2.34. The van der Waals surface area contributed by atoms with Crippen LogP contribution in [0.4, 0.5) is 0 Å². The summed E-state index contributed by atoms with van der Waals surface area (Å²) in [5, 5.41) is 3.27. The van der Waals surface area contributed by atoms with Crippen molar-refractivity contribution in [1.29, 1.82) is 0 Å². The largest absolute Gasteiger partial charge is 0.350 e. The summed E-state index contributed by atoms with van der Waals surface area (Å²) in [4.78, 5) is 20.1. The van der Waals surface area contributed by atoms with Gasteiger partial charge in [-0.1, -0.05) is 25.4 Å². The van der Waals surface area contributed by atoms with E-state index in [1.807, 2.05) is 0 Å². The highest BCUT2D eigenvalue weighted by molar-refractivity contribution is 6.29. The third-order valence-electron chi connectivity index (χ3n) is 3.86. The molecule has 1 aliphatic rings. The molecule has 0 radical (unpaired) electrons. The molecule has 0 bridgehead atoms. The minimum Gasteiger partial charge on any atom is -0.350 e. The molecule has 5 heteroatoms. The van der Waals surface area contributed by atoms with Gasteiger partial charge in [0.15, 0.2) is 5.15 Å². The molecule has 0 atom stereocenters. The molecule has 2 rings (SSSR count). The van der Waals surface area contributed by atoms with Crippen LogP contribution >= 0.6 is 11.6 Å². The molecular formula is C14H20ClN3O. The molecule has 1 aromatic rings. The molecule has 1 aromatic heterocycles. The second kappa shape index (κ2) is 5.87. The van der Waals surface area contributed by atoms with Gasteiger partial charge in [-0.05, 0) is 31.1 Å². The Hall–Kier alpha value is -1.16. The first-order valence-corrected chi connectivity index (χ1v) is 7.09. The van der Waals surface area contributed by atoms with Crippen molar-refractivity contribution >= 4 is 17.5 Å². The van der Waals surface area contributed by atoms with Crippen molar-refractivity contribution < 1.29 is 4.79 Å². The lowest BCUT2D eigenvalue weighted by atomic mass is 9.73. The fraction of sp³-hybridized carbons (Fsp3) is 0.643. The molecule has 4 nitrogen and oxygen atoms in total. The molecule has 0 saturated heterocycles. The fourth-order valence-corrected chi connectivity index (χ4v) is 2.62. The molecule has 104 valence electrons. The summed E-state index contributed by atoms with van der Waals surface area (Å²) in [5.41, 5.74) is 0.999. The molecule has 1 saturated carbocycles. The van der Waals surface area contributed by atoms with Gasteiger partial charge in [-0.15, -0.1) is 0 Å². The van der Waals surface area contributed by atoms with E-state index in [1.54, 1.807) is 6.20 Å². The topological polar surface area (TPSA) is 54.9 Å². The van der Waals surface area contributed by atoms with Crippen LogP contribution in [0.3, 0.4) is 0 Å². The molecule has 1 fully saturated rings. The van der Waals surface area contributed by atoms with E-state index in [0.29, 0.717) is 22.8 Å². The molecule has 0 aromatic carbocycles. The first kappa shape index (κ1) is 14.3. The normalized spacial score (nSPS) is 19.1. The van der Waals surface area contributed by atoms with E-state index in [9.17, 15) is 4.79 Å². The van der Waals surface area contributed by atoms with Gasteiger partial charge in [-0.25, -0.2) is 4.98 Å². The molecule has 0 aliphatic heterocycles. The number of aromatic nitrogens is 2. The second-order valence-electron chi connectivity index (χ2n) is 5.95. The Morgan fingerprint density at radius 1 is 1.37 bits per heavy atom. The van der Waals surface area contributed by atoms with E-state index in [0.717, 1.165) is 25.7 Å². The highest BCUT2D eigenvalue weighted by atomic mass is 35.5. The van der Waals surface area contributed by atoms with Crippen LogP contribution < -0.4 is 5.32 Å². The summed E-state index contributed by atoms with van der Waals surface area (Å²) in [6, 6.07) is 0. The number of carbonyl (C=O) groups excluding carboxylic acids is 1. The molecule has 0 spiro atoms. The Kier molecular flexibility index (Phi) is 4.40.